The zero-order chi connectivity index (χ0) is 14.2. The van der Waals surface area contributed by atoms with Gasteiger partial charge in [0.1, 0.15) is 17.9 Å². The highest BCUT2D eigenvalue weighted by Crippen LogP contribution is 2.33. The molecule has 1 fully saturated rings. The summed E-state index contributed by atoms with van der Waals surface area (Å²) in [5, 5.41) is 12.0. The minimum atomic E-state index is -1.05. The number of carboxylic acids is 1. The van der Waals surface area contributed by atoms with Gasteiger partial charge in [-0.05, 0) is 37.3 Å². The van der Waals surface area contributed by atoms with Crippen molar-refractivity contribution in [1.82, 2.24) is 5.32 Å². The van der Waals surface area contributed by atoms with Crippen molar-refractivity contribution in [3.05, 3.63) is 29.8 Å². The monoisotopic (exact) mass is 275 g/mol. The van der Waals surface area contributed by atoms with Gasteiger partial charge in [-0.15, -0.1) is 0 Å². The molecule has 1 amide bonds. The molecule has 0 saturated heterocycles. The summed E-state index contributed by atoms with van der Waals surface area (Å²) in [6.07, 6.45) is 2.46. The van der Waals surface area contributed by atoms with Crippen molar-refractivity contribution in [2.24, 2.45) is 5.92 Å². The van der Waals surface area contributed by atoms with E-state index in [1.54, 1.807) is 0 Å². The predicted molar refractivity (Wildman–Crippen MR) is 71.5 cm³/mol. The lowest BCUT2D eigenvalue weighted by Crippen LogP contribution is -2.60. The third-order valence-corrected chi connectivity index (χ3v) is 4.23. The highest BCUT2D eigenvalue weighted by atomic mass is 16.5. The maximum absolute atomic E-state index is 12.3. The van der Waals surface area contributed by atoms with Gasteiger partial charge in [-0.25, -0.2) is 4.79 Å². The van der Waals surface area contributed by atoms with E-state index in [9.17, 15) is 14.7 Å². The highest BCUT2D eigenvalue weighted by Gasteiger charge is 2.46. The smallest absolute Gasteiger partial charge is 0.329 e. The molecule has 3 rings (SSSR count). The van der Waals surface area contributed by atoms with Crippen molar-refractivity contribution in [3.63, 3.8) is 0 Å². The van der Waals surface area contributed by atoms with Crippen molar-refractivity contribution in [3.8, 4) is 5.75 Å². The van der Waals surface area contributed by atoms with E-state index in [-0.39, 0.29) is 11.8 Å². The number of hydrogen-bond donors (Lipinski definition) is 2. The summed E-state index contributed by atoms with van der Waals surface area (Å²) < 4.78 is 5.58. The number of fused-ring (bicyclic) bond motifs is 1. The number of rotatable bonds is 3. The molecule has 20 heavy (non-hydrogen) atoms. The Kier molecular flexibility index (Phi) is 3.12. The van der Waals surface area contributed by atoms with Gasteiger partial charge in [0.25, 0.3) is 0 Å². The van der Waals surface area contributed by atoms with Gasteiger partial charge in [-0.1, -0.05) is 18.2 Å². The van der Waals surface area contributed by atoms with E-state index >= 15 is 0 Å². The Hall–Kier alpha value is -2.04. The van der Waals surface area contributed by atoms with E-state index < -0.39 is 11.5 Å². The Balaban J connectivity index is 1.69. The van der Waals surface area contributed by atoms with E-state index in [2.05, 4.69) is 5.32 Å². The maximum atomic E-state index is 12.3. The molecule has 5 nitrogen and oxygen atoms in total. The highest BCUT2D eigenvalue weighted by molar-refractivity contribution is 5.89. The Morgan fingerprint density at radius 2 is 2.05 bits per heavy atom. The van der Waals surface area contributed by atoms with Crippen LogP contribution in [0.5, 0.6) is 5.75 Å². The standard InChI is InChI=1S/C15H17NO4/c17-13(16-15(14(18)19)6-3-7-15)11-8-10-4-1-2-5-12(10)20-9-11/h1-2,4-5,11H,3,6-9H2,(H,16,17)(H,18,19)/t11-/m0/s1. The third kappa shape index (κ3) is 2.13. The lowest BCUT2D eigenvalue weighted by atomic mass is 9.76. The van der Waals surface area contributed by atoms with Crippen LogP contribution in [0.4, 0.5) is 0 Å². The van der Waals surface area contributed by atoms with Gasteiger partial charge in [0.2, 0.25) is 5.91 Å². The fourth-order valence-corrected chi connectivity index (χ4v) is 2.76. The largest absolute Gasteiger partial charge is 0.492 e. The molecule has 1 aromatic rings. The number of hydrogen-bond acceptors (Lipinski definition) is 3. The molecule has 1 atom stereocenters. The van der Waals surface area contributed by atoms with Gasteiger partial charge in [0.15, 0.2) is 0 Å². The molecule has 1 heterocycles. The molecule has 1 aliphatic heterocycles. The lowest BCUT2D eigenvalue weighted by Gasteiger charge is -2.39. The second-order valence-corrected chi connectivity index (χ2v) is 5.55. The topological polar surface area (TPSA) is 75.6 Å². The van der Waals surface area contributed by atoms with E-state index in [1.807, 2.05) is 24.3 Å². The zero-order valence-electron chi connectivity index (χ0n) is 11.1. The lowest BCUT2D eigenvalue weighted by molar-refractivity contribution is -0.152. The van der Waals surface area contributed by atoms with Gasteiger partial charge in [0, 0.05) is 0 Å². The first kappa shape index (κ1) is 13.0. The fraction of sp³-hybridized carbons (Fsp3) is 0.467. The van der Waals surface area contributed by atoms with Crippen molar-refractivity contribution >= 4 is 11.9 Å². The Labute approximate surface area is 116 Å². The number of ether oxygens (including phenoxy) is 1. The summed E-state index contributed by atoms with van der Waals surface area (Å²) in [6.45, 7) is 0.304. The number of amides is 1. The Morgan fingerprint density at radius 3 is 2.70 bits per heavy atom. The molecule has 1 aromatic carbocycles. The molecule has 1 aliphatic carbocycles. The predicted octanol–water partition coefficient (Wildman–Crippen LogP) is 1.36. The molecule has 0 spiro atoms. The van der Waals surface area contributed by atoms with Crippen LogP contribution in [-0.4, -0.2) is 29.1 Å². The minimum absolute atomic E-state index is 0.221. The molecule has 106 valence electrons. The van der Waals surface area contributed by atoms with Crippen LogP contribution in [0.1, 0.15) is 24.8 Å². The molecule has 2 N–H and O–H groups in total. The second kappa shape index (κ2) is 4.81. The van der Waals surface area contributed by atoms with Crippen LogP contribution < -0.4 is 10.1 Å². The Bertz CT molecular complexity index is 551. The molecule has 0 aromatic heterocycles. The molecule has 0 unspecified atom stereocenters. The summed E-state index contributed by atoms with van der Waals surface area (Å²) in [5.74, 6) is -0.661. The number of para-hydroxylation sites is 1. The quantitative estimate of drug-likeness (QED) is 0.873. The first-order valence-corrected chi connectivity index (χ1v) is 6.87. The maximum Gasteiger partial charge on any atom is 0.329 e. The minimum Gasteiger partial charge on any atom is -0.492 e. The van der Waals surface area contributed by atoms with E-state index in [0.29, 0.717) is 25.9 Å². The number of aliphatic carboxylic acids is 1. The summed E-state index contributed by atoms with van der Waals surface area (Å²) in [6, 6.07) is 7.62. The first-order chi connectivity index (χ1) is 9.61. The number of carbonyl (C=O) groups excluding carboxylic acids is 1. The van der Waals surface area contributed by atoms with Gasteiger partial charge in [-0.3, -0.25) is 4.79 Å². The number of benzene rings is 1. The number of carboxylic acid groups (broad SMARTS) is 1. The summed E-state index contributed by atoms with van der Waals surface area (Å²) >= 11 is 0. The van der Waals surface area contributed by atoms with E-state index in [4.69, 9.17) is 4.74 Å². The van der Waals surface area contributed by atoms with Crippen molar-refractivity contribution < 1.29 is 19.4 Å². The molecule has 2 aliphatic rings. The van der Waals surface area contributed by atoms with Crippen LogP contribution >= 0.6 is 0 Å². The van der Waals surface area contributed by atoms with E-state index in [0.717, 1.165) is 17.7 Å². The van der Waals surface area contributed by atoms with Gasteiger partial charge >= 0.3 is 5.97 Å². The van der Waals surface area contributed by atoms with Crippen molar-refractivity contribution in [2.45, 2.75) is 31.2 Å². The first-order valence-electron chi connectivity index (χ1n) is 6.87. The van der Waals surface area contributed by atoms with Crippen LogP contribution in [0.2, 0.25) is 0 Å². The molecule has 5 heteroatoms. The van der Waals surface area contributed by atoms with Crippen molar-refractivity contribution in [1.29, 1.82) is 0 Å². The molecule has 0 radical (unpaired) electrons. The van der Waals surface area contributed by atoms with Crippen LogP contribution in [0, 0.1) is 5.92 Å². The van der Waals surface area contributed by atoms with Gasteiger partial charge in [-0.2, -0.15) is 0 Å². The summed E-state index contributed by atoms with van der Waals surface area (Å²) in [4.78, 5) is 23.5. The average Bonchev–Trinajstić information content (AvgIpc) is 2.41. The molecular weight excluding hydrogens is 258 g/mol. The van der Waals surface area contributed by atoms with Gasteiger partial charge in [0.05, 0.1) is 5.92 Å². The van der Waals surface area contributed by atoms with E-state index in [1.165, 1.54) is 0 Å². The third-order valence-electron chi connectivity index (χ3n) is 4.23. The van der Waals surface area contributed by atoms with Crippen LogP contribution in [0.25, 0.3) is 0 Å². The van der Waals surface area contributed by atoms with Crippen LogP contribution in [0.15, 0.2) is 24.3 Å². The van der Waals surface area contributed by atoms with Crippen LogP contribution in [0.3, 0.4) is 0 Å². The number of carbonyl (C=O) groups is 2. The zero-order valence-corrected chi connectivity index (χ0v) is 11.1. The fourth-order valence-electron chi connectivity index (χ4n) is 2.76. The average molecular weight is 275 g/mol. The molecule has 0 bridgehead atoms. The summed E-state index contributed by atoms with van der Waals surface area (Å²) in [5.41, 5.74) is -0.0505. The van der Waals surface area contributed by atoms with Gasteiger partial charge < -0.3 is 15.2 Å². The SMILES string of the molecule is O=C(NC1(C(=O)O)CCC1)[C@@H]1COc2ccccc2C1. The normalized spacial score (nSPS) is 22.9. The second-order valence-electron chi connectivity index (χ2n) is 5.55. The molecule has 1 saturated carbocycles. The number of nitrogens with one attached hydrogen (secondary N) is 1. The van der Waals surface area contributed by atoms with Crippen LogP contribution in [-0.2, 0) is 16.0 Å². The molecular formula is C15H17NO4. The Morgan fingerprint density at radius 1 is 1.30 bits per heavy atom. The summed E-state index contributed by atoms with van der Waals surface area (Å²) in [7, 11) is 0. The van der Waals surface area contributed by atoms with Crippen molar-refractivity contribution in [2.75, 3.05) is 6.61 Å².